The Bertz CT molecular complexity index is 452. The Morgan fingerprint density at radius 3 is 2.95 bits per heavy atom. The first kappa shape index (κ1) is 12.6. The second kappa shape index (κ2) is 5.31. The number of H-pyrrole nitrogens is 1. The molecule has 1 aromatic heterocycles. The van der Waals surface area contributed by atoms with Crippen LogP contribution in [0.1, 0.15) is 74.2 Å². The third kappa shape index (κ3) is 2.96. The Labute approximate surface area is 113 Å². The Hall–Kier alpha value is -1.39. The molecule has 104 valence electrons. The molecule has 5 heteroatoms. The molecule has 5 nitrogen and oxygen atoms in total. The number of carbonyl (C=O) groups excluding carboxylic acids is 1. The molecule has 0 spiro atoms. The number of rotatable bonds is 4. The highest BCUT2D eigenvalue weighted by atomic mass is 16.2. The van der Waals surface area contributed by atoms with Gasteiger partial charge in [0.2, 0.25) is 5.82 Å². The zero-order valence-corrected chi connectivity index (χ0v) is 11.5. The van der Waals surface area contributed by atoms with Crippen LogP contribution in [-0.2, 0) is 0 Å². The third-order valence-electron chi connectivity index (χ3n) is 4.37. The van der Waals surface area contributed by atoms with E-state index in [4.69, 9.17) is 0 Å². The van der Waals surface area contributed by atoms with Gasteiger partial charge < -0.3 is 5.32 Å². The first-order chi connectivity index (χ1) is 9.26. The van der Waals surface area contributed by atoms with E-state index in [0.29, 0.717) is 17.8 Å². The van der Waals surface area contributed by atoms with Crippen molar-refractivity contribution in [2.45, 2.75) is 63.8 Å². The van der Waals surface area contributed by atoms with E-state index < -0.39 is 0 Å². The summed E-state index contributed by atoms with van der Waals surface area (Å²) in [5, 5.41) is 10.0. The summed E-state index contributed by atoms with van der Waals surface area (Å²) >= 11 is 0. The molecule has 0 bridgehead atoms. The van der Waals surface area contributed by atoms with Crippen LogP contribution in [0.15, 0.2) is 0 Å². The van der Waals surface area contributed by atoms with Crippen molar-refractivity contribution in [1.82, 2.24) is 20.5 Å². The molecule has 0 saturated heterocycles. The van der Waals surface area contributed by atoms with Crippen LogP contribution in [0.2, 0.25) is 0 Å². The summed E-state index contributed by atoms with van der Waals surface area (Å²) in [6, 6.07) is 0.300. The zero-order chi connectivity index (χ0) is 13.2. The summed E-state index contributed by atoms with van der Waals surface area (Å²) in [7, 11) is 0. The molecule has 2 fully saturated rings. The van der Waals surface area contributed by atoms with Crippen molar-refractivity contribution in [1.29, 1.82) is 0 Å². The maximum Gasteiger partial charge on any atom is 0.291 e. The number of nitrogens with one attached hydrogen (secondary N) is 2. The second-order valence-corrected chi connectivity index (χ2v) is 5.93. The van der Waals surface area contributed by atoms with E-state index in [9.17, 15) is 4.79 Å². The molecule has 19 heavy (non-hydrogen) atoms. The quantitative estimate of drug-likeness (QED) is 0.875. The first-order valence-electron chi connectivity index (χ1n) is 7.49. The van der Waals surface area contributed by atoms with Crippen molar-refractivity contribution in [2.24, 2.45) is 5.92 Å². The average Bonchev–Trinajstić information content (AvgIpc) is 3.16. The van der Waals surface area contributed by atoms with Gasteiger partial charge in [-0.3, -0.25) is 9.89 Å². The van der Waals surface area contributed by atoms with Gasteiger partial charge >= 0.3 is 0 Å². The van der Waals surface area contributed by atoms with Crippen molar-refractivity contribution in [3.05, 3.63) is 11.6 Å². The van der Waals surface area contributed by atoms with Gasteiger partial charge in [-0.15, -0.1) is 5.10 Å². The van der Waals surface area contributed by atoms with Gasteiger partial charge in [-0.25, -0.2) is 4.98 Å². The molecule has 2 saturated carbocycles. The zero-order valence-electron chi connectivity index (χ0n) is 11.5. The summed E-state index contributed by atoms with van der Waals surface area (Å²) in [6.07, 6.45) is 8.23. The van der Waals surface area contributed by atoms with Gasteiger partial charge in [0.15, 0.2) is 0 Å². The fraction of sp³-hybridized carbons (Fsp3) is 0.786. The molecule has 2 atom stereocenters. The van der Waals surface area contributed by atoms with Crippen LogP contribution in [0.3, 0.4) is 0 Å². The van der Waals surface area contributed by atoms with E-state index in [1.807, 2.05) is 0 Å². The number of aromatic amines is 1. The van der Waals surface area contributed by atoms with Crippen LogP contribution in [-0.4, -0.2) is 27.1 Å². The monoisotopic (exact) mass is 262 g/mol. The Kier molecular flexibility index (Phi) is 3.53. The van der Waals surface area contributed by atoms with E-state index in [2.05, 4.69) is 27.4 Å². The van der Waals surface area contributed by atoms with Gasteiger partial charge in [-0.05, 0) is 31.6 Å². The molecule has 2 aliphatic carbocycles. The van der Waals surface area contributed by atoms with Crippen molar-refractivity contribution in [3.63, 3.8) is 0 Å². The first-order valence-corrected chi connectivity index (χ1v) is 7.49. The van der Waals surface area contributed by atoms with E-state index in [0.717, 1.165) is 37.4 Å². The second-order valence-electron chi connectivity index (χ2n) is 5.93. The lowest BCUT2D eigenvalue weighted by Crippen LogP contribution is -2.38. The lowest BCUT2D eigenvalue weighted by molar-refractivity contribution is 0.0909. The Morgan fingerprint density at radius 2 is 2.21 bits per heavy atom. The van der Waals surface area contributed by atoms with Gasteiger partial charge in [0, 0.05) is 12.0 Å². The summed E-state index contributed by atoms with van der Waals surface area (Å²) in [4.78, 5) is 16.4. The fourth-order valence-electron chi connectivity index (χ4n) is 2.96. The van der Waals surface area contributed by atoms with Gasteiger partial charge in [0.25, 0.3) is 5.91 Å². The van der Waals surface area contributed by atoms with Crippen molar-refractivity contribution in [3.8, 4) is 0 Å². The lowest BCUT2D eigenvalue weighted by Gasteiger charge is -2.28. The molecular formula is C14H22N4O. The predicted molar refractivity (Wildman–Crippen MR) is 71.9 cm³/mol. The largest absolute Gasteiger partial charge is 0.347 e. The van der Waals surface area contributed by atoms with Gasteiger partial charge in [0.05, 0.1) is 0 Å². The molecule has 1 aromatic rings. The summed E-state index contributed by atoms with van der Waals surface area (Å²) in [5.41, 5.74) is 0. The topological polar surface area (TPSA) is 70.7 Å². The fourth-order valence-corrected chi connectivity index (χ4v) is 2.96. The van der Waals surface area contributed by atoms with E-state index in [-0.39, 0.29) is 5.91 Å². The number of hydrogen-bond acceptors (Lipinski definition) is 3. The molecule has 0 radical (unpaired) electrons. The summed E-state index contributed by atoms with van der Waals surface area (Å²) in [5.74, 6) is 2.33. The maximum atomic E-state index is 12.1. The maximum absolute atomic E-state index is 12.1. The standard InChI is InChI=1S/C14H22N4O/c1-2-9-4-3-5-11(8-9)15-14(19)13-16-12(17-18-13)10-6-7-10/h9-11H,2-8H2,1H3,(H,15,19)(H,16,17,18). The highest BCUT2D eigenvalue weighted by Crippen LogP contribution is 2.37. The SMILES string of the molecule is CCC1CCCC(NC(=O)c2n[nH]c(C3CC3)n2)C1. The minimum atomic E-state index is -0.120. The Morgan fingerprint density at radius 1 is 1.37 bits per heavy atom. The minimum absolute atomic E-state index is 0.120. The van der Waals surface area contributed by atoms with Crippen LogP contribution in [0, 0.1) is 5.92 Å². The number of aromatic nitrogens is 3. The molecule has 1 heterocycles. The predicted octanol–water partition coefficient (Wildman–Crippen LogP) is 2.38. The number of amides is 1. The normalized spacial score (nSPS) is 27.2. The highest BCUT2D eigenvalue weighted by molar-refractivity contribution is 5.90. The van der Waals surface area contributed by atoms with E-state index in [1.165, 1.54) is 19.3 Å². The van der Waals surface area contributed by atoms with Crippen LogP contribution in [0.25, 0.3) is 0 Å². The number of nitrogens with zero attached hydrogens (tertiary/aromatic N) is 2. The van der Waals surface area contributed by atoms with Crippen LogP contribution in [0.5, 0.6) is 0 Å². The lowest BCUT2D eigenvalue weighted by atomic mass is 9.84. The molecular weight excluding hydrogens is 240 g/mol. The summed E-state index contributed by atoms with van der Waals surface area (Å²) in [6.45, 7) is 2.23. The van der Waals surface area contributed by atoms with E-state index >= 15 is 0 Å². The smallest absolute Gasteiger partial charge is 0.291 e. The van der Waals surface area contributed by atoms with Gasteiger partial charge in [-0.2, -0.15) is 0 Å². The average molecular weight is 262 g/mol. The molecule has 0 aliphatic heterocycles. The van der Waals surface area contributed by atoms with Gasteiger partial charge in [-0.1, -0.05) is 26.2 Å². The summed E-state index contributed by atoms with van der Waals surface area (Å²) < 4.78 is 0. The Balaban J connectivity index is 1.57. The molecule has 1 amide bonds. The molecule has 3 rings (SSSR count). The van der Waals surface area contributed by atoms with Crippen LogP contribution < -0.4 is 5.32 Å². The van der Waals surface area contributed by atoms with Gasteiger partial charge in [0.1, 0.15) is 5.82 Å². The van der Waals surface area contributed by atoms with Crippen molar-refractivity contribution >= 4 is 5.91 Å². The number of hydrogen-bond donors (Lipinski definition) is 2. The minimum Gasteiger partial charge on any atom is -0.347 e. The third-order valence-corrected chi connectivity index (χ3v) is 4.37. The molecule has 2 aliphatic rings. The van der Waals surface area contributed by atoms with Crippen molar-refractivity contribution in [2.75, 3.05) is 0 Å². The van der Waals surface area contributed by atoms with Crippen LogP contribution in [0.4, 0.5) is 0 Å². The van der Waals surface area contributed by atoms with Crippen molar-refractivity contribution < 1.29 is 4.79 Å². The number of carbonyl (C=O) groups is 1. The van der Waals surface area contributed by atoms with Crippen LogP contribution >= 0.6 is 0 Å². The molecule has 2 unspecified atom stereocenters. The molecule has 0 aromatic carbocycles. The highest BCUT2D eigenvalue weighted by Gasteiger charge is 2.29. The van der Waals surface area contributed by atoms with E-state index in [1.54, 1.807) is 0 Å². The molecule has 2 N–H and O–H groups in total.